The molecule has 5 heteroatoms. The Balaban J connectivity index is 1.07. The number of nitrogens with one attached hydrogen (secondary N) is 2. The summed E-state index contributed by atoms with van der Waals surface area (Å²) in [4.78, 5) is 5.47. The summed E-state index contributed by atoms with van der Waals surface area (Å²) >= 11 is 0. The van der Waals surface area contributed by atoms with E-state index in [0.29, 0.717) is 5.56 Å². The number of aliphatic imine (C=N–C) groups is 1. The van der Waals surface area contributed by atoms with Crippen LogP contribution in [0, 0.1) is 23.2 Å². The summed E-state index contributed by atoms with van der Waals surface area (Å²) in [6, 6.07) is 47.1. The van der Waals surface area contributed by atoms with Crippen LogP contribution >= 0.6 is 0 Å². The summed E-state index contributed by atoms with van der Waals surface area (Å²) in [7, 11) is 0. The van der Waals surface area contributed by atoms with Gasteiger partial charge in [0.1, 0.15) is 30.0 Å². The van der Waals surface area contributed by atoms with Crippen LogP contribution in [0.4, 0.5) is 0 Å². The fraction of sp³-hybridized carbons (Fsp3) is 0.149. The van der Waals surface area contributed by atoms with E-state index >= 15 is 0 Å². The monoisotopic (exact) mass is 672 g/mol. The molecule has 0 aromatic heterocycles. The van der Waals surface area contributed by atoms with Gasteiger partial charge in [0.25, 0.3) is 0 Å². The Morgan fingerprint density at radius 2 is 1.40 bits per heavy atom. The summed E-state index contributed by atoms with van der Waals surface area (Å²) < 4.78 is 7.13. The second kappa shape index (κ2) is 12.2. The van der Waals surface area contributed by atoms with Gasteiger partial charge in [0, 0.05) is 23.0 Å². The van der Waals surface area contributed by atoms with Gasteiger partial charge in [-0.05, 0) is 57.5 Å². The molecule has 0 fully saturated rings. The lowest BCUT2D eigenvalue weighted by Gasteiger charge is -2.50. The molecule has 250 valence electrons. The van der Waals surface area contributed by atoms with Gasteiger partial charge in [0.05, 0.1) is 17.0 Å². The molecule has 3 aliphatic carbocycles. The van der Waals surface area contributed by atoms with Crippen molar-refractivity contribution in [2.24, 2.45) is 16.8 Å². The Hall–Kier alpha value is -6.22. The van der Waals surface area contributed by atoms with Gasteiger partial charge in [-0.1, -0.05) is 152 Å². The molecular weight excluding hydrogens is 637 g/mol. The number of benzene rings is 5. The third kappa shape index (κ3) is 4.61. The van der Waals surface area contributed by atoms with Crippen LogP contribution in [0.1, 0.15) is 46.0 Å². The Labute approximate surface area is 304 Å². The molecule has 2 aliphatic heterocycles. The molecule has 0 bridgehead atoms. The topological polar surface area (TPSA) is 69.4 Å². The first-order valence-electron chi connectivity index (χ1n) is 18.1. The highest BCUT2D eigenvalue weighted by Crippen LogP contribution is 2.62. The minimum Gasteiger partial charge on any atom is -0.485 e. The number of fused-ring (bicyclic) bond motifs is 9. The molecule has 10 rings (SSSR count). The lowest BCUT2D eigenvalue weighted by atomic mass is 9.59. The molecule has 1 spiro atoms. The van der Waals surface area contributed by atoms with Gasteiger partial charge in [-0.2, -0.15) is 5.26 Å². The molecule has 5 aliphatic rings. The number of ether oxygens (including phenoxy) is 1. The molecule has 5 unspecified atom stereocenters. The molecule has 5 nitrogen and oxygen atoms in total. The van der Waals surface area contributed by atoms with Crippen molar-refractivity contribution in [2.45, 2.75) is 30.3 Å². The predicted molar refractivity (Wildman–Crippen MR) is 206 cm³/mol. The number of nitrogens with zero attached hydrogens (tertiary/aromatic N) is 2. The van der Waals surface area contributed by atoms with Crippen molar-refractivity contribution in [3.63, 3.8) is 0 Å². The zero-order valence-corrected chi connectivity index (χ0v) is 28.5. The smallest absolute Gasteiger partial charge is 0.131 e. The van der Waals surface area contributed by atoms with E-state index in [9.17, 15) is 5.26 Å². The number of nitriles is 1. The summed E-state index contributed by atoms with van der Waals surface area (Å²) in [5.41, 5.74) is 11.0. The van der Waals surface area contributed by atoms with Crippen LogP contribution in [0.25, 0.3) is 16.7 Å². The fourth-order valence-corrected chi connectivity index (χ4v) is 9.19. The van der Waals surface area contributed by atoms with E-state index in [2.05, 4.69) is 156 Å². The molecule has 0 saturated heterocycles. The third-order valence-electron chi connectivity index (χ3n) is 11.5. The van der Waals surface area contributed by atoms with Crippen LogP contribution in [0.15, 0.2) is 174 Å². The van der Waals surface area contributed by atoms with Crippen molar-refractivity contribution in [3.05, 3.63) is 203 Å². The van der Waals surface area contributed by atoms with Gasteiger partial charge in [0.2, 0.25) is 0 Å². The summed E-state index contributed by atoms with van der Waals surface area (Å²) in [6.45, 7) is 0. The van der Waals surface area contributed by atoms with Crippen LogP contribution in [-0.2, 0) is 5.41 Å². The maximum Gasteiger partial charge on any atom is 0.131 e. The van der Waals surface area contributed by atoms with E-state index in [1.165, 1.54) is 27.8 Å². The number of rotatable bonds is 4. The quantitative estimate of drug-likeness (QED) is 0.200. The maximum absolute atomic E-state index is 9.74. The van der Waals surface area contributed by atoms with Crippen LogP contribution in [0.2, 0.25) is 0 Å². The first-order valence-corrected chi connectivity index (χ1v) is 18.1. The molecule has 0 radical (unpaired) electrons. The predicted octanol–water partition coefficient (Wildman–Crippen LogP) is 9.02. The summed E-state index contributed by atoms with van der Waals surface area (Å²) in [5.74, 6) is 1.90. The summed E-state index contributed by atoms with van der Waals surface area (Å²) in [6.07, 6.45) is 13.4. The van der Waals surface area contributed by atoms with Crippen molar-refractivity contribution in [1.82, 2.24) is 10.6 Å². The van der Waals surface area contributed by atoms with Crippen molar-refractivity contribution < 1.29 is 4.74 Å². The van der Waals surface area contributed by atoms with Crippen LogP contribution in [-0.4, -0.2) is 18.1 Å². The highest BCUT2D eigenvalue weighted by Gasteiger charge is 2.57. The Morgan fingerprint density at radius 3 is 2.13 bits per heavy atom. The van der Waals surface area contributed by atoms with Gasteiger partial charge in [-0.25, -0.2) is 4.99 Å². The SMILES string of the molecule is N#Cc1ccccc1C1=CCC(C2=NC(C3=CC=CC4C3Oc3ccccc3C43c4ccccc4-c4ccccc43)NC(c3ccccc3)N2)C=C1. The normalized spacial score (nSPS) is 24.4. The molecule has 2 N–H and O–H groups in total. The molecular formula is C47H36N4O. The first-order chi connectivity index (χ1) is 25.7. The van der Waals surface area contributed by atoms with Gasteiger partial charge in [-0.15, -0.1) is 0 Å². The minimum absolute atomic E-state index is 0.00187. The highest BCUT2D eigenvalue weighted by molar-refractivity contribution is 5.90. The van der Waals surface area contributed by atoms with Gasteiger partial charge in [0.15, 0.2) is 0 Å². The third-order valence-corrected chi connectivity index (χ3v) is 11.5. The number of hydrogen-bond donors (Lipinski definition) is 2. The molecule has 0 amide bonds. The molecule has 5 aromatic rings. The Bertz CT molecular complexity index is 2380. The maximum atomic E-state index is 9.74. The second-order valence-corrected chi connectivity index (χ2v) is 14.1. The van der Waals surface area contributed by atoms with E-state index in [4.69, 9.17) is 9.73 Å². The molecule has 0 saturated carbocycles. The number of amidine groups is 1. The second-order valence-electron chi connectivity index (χ2n) is 14.1. The van der Waals surface area contributed by atoms with Gasteiger partial charge >= 0.3 is 0 Å². The molecule has 5 atom stereocenters. The first kappa shape index (κ1) is 30.6. The lowest BCUT2D eigenvalue weighted by molar-refractivity contribution is 0.122. The van der Waals surface area contributed by atoms with E-state index in [-0.39, 0.29) is 30.3 Å². The zero-order valence-electron chi connectivity index (χ0n) is 28.5. The van der Waals surface area contributed by atoms with Crippen molar-refractivity contribution in [1.29, 1.82) is 5.26 Å². The fourth-order valence-electron chi connectivity index (χ4n) is 9.19. The Kier molecular flexibility index (Phi) is 7.19. The van der Waals surface area contributed by atoms with E-state index in [0.717, 1.165) is 40.3 Å². The summed E-state index contributed by atoms with van der Waals surface area (Å²) in [5, 5.41) is 17.4. The van der Waals surface area contributed by atoms with Crippen molar-refractivity contribution >= 4 is 11.4 Å². The standard InChI is InChI=1S/C47H36N4O/c48-29-33-15-4-5-16-34(33)30-25-27-32(28-26-30)45-49-44(31-13-2-1-3-14-31)50-46(51-45)37-19-12-23-41-43(37)52-42-24-11-10-22-40(42)47(41)38-20-8-6-17-35(38)36-18-7-9-21-39(36)47/h1-27,32,41,43-44,46,50H,28H2,(H,49,51). The number of para-hydroxylation sites is 1. The van der Waals surface area contributed by atoms with E-state index < -0.39 is 5.41 Å². The van der Waals surface area contributed by atoms with Crippen molar-refractivity contribution in [2.75, 3.05) is 0 Å². The minimum atomic E-state index is -0.423. The average molecular weight is 673 g/mol. The average Bonchev–Trinajstić information content (AvgIpc) is 3.51. The van der Waals surface area contributed by atoms with Crippen LogP contribution in [0.3, 0.4) is 0 Å². The van der Waals surface area contributed by atoms with Crippen LogP contribution < -0.4 is 15.4 Å². The largest absolute Gasteiger partial charge is 0.485 e. The van der Waals surface area contributed by atoms with Gasteiger partial charge in [-0.3, -0.25) is 5.32 Å². The van der Waals surface area contributed by atoms with E-state index in [1.807, 2.05) is 24.3 Å². The van der Waals surface area contributed by atoms with Crippen LogP contribution in [0.5, 0.6) is 5.75 Å². The zero-order chi connectivity index (χ0) is 34.6. The van der Waals surface area contributed by atoms with Crippen molar-refractivity contribution in [3.8, 4) is 22.9 Å². The Morgan fingerprint density at radius 1 is 0.731 bits per heavy atom. The lowest BCUT2D eigenvalue weighted by Crippen LogP contribution is -2.55. The molecule has 2 heterocycles. The van der Waals surface area contributed by atoms with E-state index in [1.54, 1.807) is 0 Å². The molecule has 5 aromatic carbocycles. The van der Waals surface area contributed by atoms with Gasteiger partial charge < -0.3 is 10.1 Å². The highest BCUT2D eigenvalue weighted by atomic mass is 16.5. The molecule has 52 heavy (non-hydrogen) atoms. The number of allylic oxidation sites excluding steroid dienone is 5. The number of hydrogen-bond acceptors (Lipinski definition) is 5.